The normalized spacial score (nSPS) is 9.03. The molecule has 0 spiro atoms. The Kier molecular flexibility index (Phi) is 25.8. The van der Waals surface area contributed by atoms with Crippen molar-refractivity contribution in [2.75, 3.05) is 27.2 Å². The summed E-state index contributed by atoms with van der Waals surface area (Å²) in [6.45, 7) is 13.7. The molecule has 0 fully saturated rings. The number of aromatic nitrogens is 1. The number of H-pyrrole nitrogens is 1. The van der Waals surface area contributed by atoms with Gasteiger partial charge in [-0.25, -0.2) is 0 Å². The maximum atomic E-state index is 12.2. The van der Waals surface area contributed by atoms with Crippen molar-refractivity contribution in [1.29, 1.82) is 0 Å². The van der Waals surface area contributed by atoms with Gasteiger partial charge in [-0.05, 0) is 39.6 Å². The summed E-state index contributed by atoms with van der Waals surface area (Å²) >= 11 is 6.47. The van der Waals surface area contributed by atoms with Crippen LogP contribution in [0.1, 0.15) is 69.9 Å². The van der Waals surface area contributed by atoms with Gasteiger partial charge in [0.05, 0.1) is 0 Å². The second-order valence-corrected chi connectivity index (χ2v) is 7.13. The van der Waals surface area contributed by atoms with Crippen LogP contribution in [0, 0.1) is 6.92 Å². The predicted octanol–water partition coefficient (Wildman–Crippen LogP) is 5.75. The van der Waals surface area contributed by atoms with Gasteiger partial charge in [0, 0.05) is 46.1 Å². The molecule has 2 rings (SSSR count). The van der Waals surface area contributed by atoms with Gasteiger partial charge < -0.3 is 15.2 Å². The Morgan fingerprint density at radius 2 is 1.81 bits per heavy atom. The van der Waals surface area contributed by atoms with Crippen molar-refractivity contribution in [1.82, 2.24) is 15.2 Å². The Hall–Kier alpha value is -1.35. The molecule has 0 saturated carbocycles. The zero-order valence-corrected chi connectivity index (χ0v) is 23.0. The summed E-state index contributed by atoms with van der Waals surface area (Å²) in [6, 6.07) is 5.99. The molecule has 4 N–H and O–H groups in total. The first kappa shape index (κ1) is 34.3. The van der Waals surface area contributed by atoms with E-state index >= 15 is 0 Å². The zero-order chi connectivity index (χ0) is 24.8. The first-order valence-electron chi connectivity index (χ1n) is 10.8. The Labute approximate surface area is 203 Å². The minimum absolute atomic E-state index is 0.248. The van der Waals surface area contributed by atoms with Crippen molar-refractivity contribution in [3.8, 4) is 0 Å². The number of amides is 1. The number of ketones is 1. The van der Waals surface area contributed by atoms with Crippen LogP contribution in [0.2, 0.25) is 0 Å². The molecule has 2 aromatic rings. The van der Waals surface area contributed by atoms with Crippen LogP contribution in [0.15, 0.2) is 22.7 Å². The molecule has 8 heteroatoms. The minimum atomic E-state index is 0.248. The molecule has 0 aliphatic rings. The van der Waals surface area contributed by atoms with Crippen LogP contribution in [0.4, 0.5) is 0 Å². The Morgan fingerprint density at radius 3 is 2.29 bits per heavy atom. The lowest BCUT2D eigenvalue weighted by atomic mass is 10.0. The number of carbonyl (C=O) groups excluding carboxylic acids is 2. The van der Waals surface area contributed by atoms with E-state index in [4.69, 9.17) is 0 Å². The number of halogens is 1. The number of carbonyl (C=O) groups is 2. The zero-order valence-electron chi connectivity index (χ0n) is 20.5. The smallest absolute Gasteiger partial charge is 0.207 e. The van der Waals surface area contributed by atoms with Crippen molar-refractivity contribution >= 4 is 51.8 Å². The highest BCUT2D eigenvalue weighted by Crippen LogP contribution is 2.26. The molecule has 0 bridgehead atoms. The monoisotopic (exact) mass is 518 g/mol. The summed E-state index contributed by atoms with van der Waals surface area (Å²) in [5.74, 6) is 0.248. The topological polar surface area (TPSA) is 91.2 Å². The highest BCUT2D eigenvalue weighted by atomic mass is 79.9. The molecular formula is C23H43BrN4O2S. The lowest BCUT2D eigenvalue weighted by molar-refractivity contribution is -0.109. The number of nitrogens with two attached hydrogens (primary N) is 1. The fraction of sp³-hybridized carbons (Fsp3) is 0.565. The number of rotatable bonds is 8. The third-order valence-corrected chi connectivity index (χ3v) is 4.26. The minimum Gasteiger partial charge on any atom is -0.358 e. The van der Waals surface area contributed by atoms with Crippen molar-refractivity contribution < 1.29 is 9.59 Å². The van der Waals surface area contributed by atoms with Gasteiger partial charge in [-0.1, -0.05) is 63.0 Å². The van der Waals surface area contributed by atoms with Crippen molar-refractivity contribution in [3.63, 3.8) is 0 Å². The van der Waals surface area contributed by atoms with Crippen molar-refractivity contribution in [2.24, 2.45) is 5.14 Å². The highest BCUT2D eigenvalue weighted by molar-refractivity contribution is 9.10. The Morgan fingerprint density at radius 1 is 1.23 bits per heavy atom. The molecule has 0 aliphatic heterocycles. The van der Waals surface area contributed by atoms with E-state index < -0.39 is 0 Å². The number of likely N-dealkylation sites (N-methyl/N-ethyl adjacent to an activating group) is 1. The SMILES string of the molecule is CC.CC.CCCCC(=O)c1c(C)[nH]c2cc(Br)ccc12.CN(C)CCNC=O.NS. The molecule has 1 amide bonds. The number of hydrogen-bond donors (Lipinski definition) is 4. The number of unbranched alkanes of at least 4 members (excludes halogenated alkanes) is 1. The van der Waals surface area contributed by atoms with Crippen molar-refractivity contribution in [3.05, 3.63) is 33.9 Å². The van der Waals surface area contributed by atoms with Crippen LogP contribution >= 0.6 is 28.7 Å². The van der Waals surface area contributed by atoms with E-state index in [1.807, 2.05) is 71.8 Å². The fourth-order valence-electron chi connectivity index (χ4n) is 2.47. The van der Waals surface area contributed by atoms with E-state index in [9.17, 15) is 9.59 Å². The van der Waals surface area contributed by atoms with E-state index in [0.29, 0.717) is 12.8 Å². The van der Waals surface area contributed by atoms with Gasteiger partial charge in [0.15, 0.2) is 5.78 Å². The number of aryl methyl sites for hydroxylation is 1. The van der Waals surface area contributed by atoms with Crippen LogP contribution in [0.25, 0.3) is 10.9 Å². The molecule has 1 aromatic heterocycles. The average Bonchev–Trinajstić information content (AvgIpc) is 3.11. The number of nitrogens with one attached hydrogen (secondary N) is 2. The number of nitrogens with zero attached hydrogens (tertiary/aromatic N) is 1. The first-order valence-corrected chi connectivity index (χ1v) is 12.1. The molecule has 180 valence electrons. The highest BCUT2D eigenvalue weighted by Gasteiger charge is 2.15. The average molecular weight is 520 g/mol. The molecule has 0 unspecified atom stereocenters. The van der Waals surface area contributed by atoms with E-state index in [-0.39, 0.29) is 5.78 Å². The van der Waals surface area contributed by atoms with E-state index in [1.54, 1.807) is 0 Å². The molecule has 0 atom stereocenters. The second kappa shape index (κ2) is 23.3. The third-order valence-electron chi connectivity index (χ3n) is 3.77. The molecule has 1 heterocycles. The van der Waals surface area contributed by atoms with Gasteiger partial charge in [-0.3, -0.25) is 14.7 Å². The van der Waals surface area contributed by atoms with Crippen LogP contribution in [0.5, 0.6) is 0 Å². The maximum Gasteiger partial charge on any atom is 0.207 e. The Balaban J connectivity index is -0.000000474. The molecule has 0 radical (unpaired) electrons. The number of benzene rings is 1. The molecule has 6 nitrogen and oxygen atoms in total. The summed E-state index contributed by atoms with van der Waals surface area (Å²) in [5.41, 5.74) is 2.86. The number of fused-ring (bicyclic) bond motifs is 1. The maximum absolute atomic E-state index is 12.2. The Bertz CT molecular complexity index is 706. The van der Waals surface area contributed by atoms with E-state index in [2.05, 4.69) is 51.1 Å². The summed E-state index contributed by atoms with van der Waals surface area (Å²) in [4.78, 5) is 27.1. The third kappa shape index (κ3) is 15.1. The summed E-state index contributed by atoms with van der Waals surface area (Å²) in [7, 11) is 3.93. The van der Waals surface area contributed by atoms with E-state index in [1.165, 1.54) is 0 Å². The second-order valence-electron chi connectivity index (χ2n) is 6.22. The molecule has 0 saturated heterocycles. The molecule has 1 aromatic carbocycles. The molecular weight excluding hydrogens is 476 g/mol. The van der Waals surface area contributed by atoms with Gasteiger partial charge >= 0.3 is 0 Å². The van der Waals surface area contributed by atoms with Gasteiger partial charge in [-0.15, -0.1) is 12.8 Å². The standard InChI is InChI=1S/C14H16BrNO.C5H12N2O.2C2H6.H3NS/c1-3-4-5-13(17)14-9(2)16-12-8-10(15)6-7-11(12)14;1-7(2)4-3-6-5-8;3*1-2/h6-8,16H,3-5H2,1-2H3;5H,3-4H2,1-2H3,(H,6,8);2*1-2H3;2H,1H2. The van der Waals surface area contributed by atoms with Gasteiger partial charge in [-0.2, -0.15) is 0 Å². The fourth-order valence-corrected chi connectivity index (χ4v) is 2.83. The lowest BCUT2D eigenvalue weighted by Crippen LogP contribution is -2.25. The first-order chi connectivity index (χ1) is 14.9. The van der Waals surface area contributed by atoms with E-state index in [0.717, 1.165) is 52.6 Å². The molecule has 31 heavy (non-hydrogen) atoms. The lowest BCUT2D eigenvalue weighted by Gasteiger charge is -2.06. The predicted molar refractivity (Wildman–Crippen MR) is 143 cm³/mol. The van der Waals surface area contributed by atoms with Gasteiger partial charge in [0.2, 0.25) is 6.41 Å². The quantitative estimate of drug-likeness (QED) is 0.155. The molecule has 0 aliphatic carbocycles. The van der Waals surface area contributed by atoms with Crippen LogP contribution in [-0.2, 0) is 4.79 Å². The largest absolute Gasteiger partial charge is 0.358 e. The van der Waals surface area contributed by atoms with Crippen molar-refractivity contribution in [2.45, 2.75) is 60.8 Å². The van der Waals surface area contributed by atoms with Crippen LogP contribution in [0.3, 0.4) is 0 Å². The summed E-state index contributed by atoms with van der Waals surface area (Å²) < 4.78 is 1.03. The number of thiol groups is 1. The summed E-state index contributed by atoms with van der Waals surface area (Å²) in [6.07, 6.45) is 3.37. The van der Waals surface area contributed by atoms with Gasteiger partial charge in [0.25, 0.3) is 0 Å². The van der Waals surface area contributed by atoms with Crippen LogP contribution in [-0.4, -0.2) is 49.3 Å². The summed E-state index contributed by atoms with van der Waals surface area (Å²) in [5, 5.41) is 7.79. The number of hydrogen-bond acceptors (Lipinski definition) is 5. The van der Waals surface area contributed by atoms with Gasteiger partial charge in [0.1, 0.15) is 0 Å². The number of Topliss-reactive ketones (excluding diaryl/α,β-unsaturated/α-hetero) is 1. The number of aromatic amines is 1. The van der Waals surface area contributed by atoms with Crippen LogP contribution < -0.4 is 10.5 Å².